The van der Waals surface area contributed by atoms with E-state index in [0.29, 0.717) is 5.92 Å². The molecule has 1 aliphatic heterocycles. The van der Waals surface area contributed by atoms with Gasteiger partial charge in [0.15, 0.2) is 0 Å². The molecule has 1 fully saturated rings. The average Bonchev–Trinajstić information content (AvgIpc) is 2.26. The third-order valence-electron chi connectivity index (χ3n) is 3.75. The highest BCUT2D eigenvalue weighted by molar-refractivity contribution is 5.77. The van der Waals surface area contributed by atoms with E-state index in [1.165, 1.54) is 25.9 Å². The molecule has 3 N–H and O–H groups in total. The molecular formula is C12H25N3O. The molecule has 0 atom stereocenters. The Morgan fingerprint density at radius 1 is 1.44 bits per heavy atom. The molecule has 1 saturated heterocycles. The van der Waals surface area contributed by atoms with Crippen molar-refractivity contribution in [2.45, 2.75) is 26.7 Å². The van der Waals surface area contributed by atoms with Crippen molar-refractivity contribution >= 4 is 5.91 Å². The first-order valence-electron chi connectivity index (χ1n) is 6.11. The zero-order chi connectivity index (χ0) is 12.2. The Kier molecular flexibility index (Phi) is 4.74. The number of hydrogen-bond donors (Lipinski definition) is 2. The molecule has 16 heavy (non-hydrogen) atoms. The average molecular weight is 227 g/mol. The third-order valence-corrected chi connectivity index (χ3v) is 3.75. The minimum Gasteiger partial charge on any atom is -0.354 e. The molecule has 1 aliphatic rings. The number of likely N-dealkylation sites (tertiary alicyclic amines) is 1. The van der Waals surface area contributed by atoms with Crippen LogP contribution in [0.25, 0.3) is 0 Å². The highest BCUT2D eigenvalue weighted by Crippen LogP contribution is 2.33. The number of carbonyl (C=O) groups excluding carboxylic acids is 1. The zero-order valence-electron chi connectivity index (χ0n) is 10.8. The van der Waals surface area contributed by atoms with Gasteiger partial charge in [-0.05, 0) is 44.3 Å². The summed E-state index contributed by atoms with van der Waals surface area (Å²) < 4.78 is 0. The van der Waals surface area contributed by atoms with Crippen LogP contribution in [0.2, 0.25) is 0 Å². The largest absolute Gasteiger partial charge is 0.354 e. The fraction of sp³-hybridized carbons (Fsp3) is 0.917. The summed E-state index contributed by atoms with van der Waals surface area (Å²) in [5.74, 6) is 0.641. The molecule has 0 aromatic carbocycles. The fourth-order valence-electron chi connectivity index (χ4n) is 2.33. The van der Waals surface area contributed by atoms with Crippen molar-refractivity contribution in [3.05, 3.63) is 0 Å². The summed E-state index contributed by atoms with van der Waals surface area (Å²) >= 11 is 0. The molecule has 1 rings (SSSR count). The second kappa shape index (κ2) is 5.64. The van der Waals surface area contributed by atoms with E-state index >= 15 is 0 Å². The maximum atomic E-state index is 11.1. The molecule has 4 heteroatoms. The maximum absolute atomic E-state index is 11.1. The van der Waals surface area contributed by atoms with E-state index in [-0.39, 0.29) is 17.9 Å². The van der Waals surface area contributed by atoms with Gasteiger partial charge >= 0.3 is 0 Å². The Morgan fingerprint density at radius 2 is 2.00 bits per heavy atom. The Morgan fingerprint density at radius 3 is 2.50 bits per heavy atom. The van der Waals surface area contributed by atoms with Crippen LogP contribution in [0.5, 0.6) is 0 Å². The normalized spacial score (nSPS) is 19.8. The molecule has 1 heterocycles. The van der Waals surface area contributed by atoms with E-state index in [4.69, 9.17) is 5.73 Å². The topological polar surface area (TPSA) is 58.4 Å². The standard InChI is InChI=1S/C12H25N3O/c1-12(2,9-14-11(16)8-13)10-4-6-15(3)7-5-10/h10H,4-9,13H2,1-3H3,(H,14,16). The molecule has 0 spiro atoms. The van der Waals surface area contributed by atoms with Gasteiger partial charge < -0.3 is 16.0 Å². The van der Waals surface area contributed by atoms with Gasteiger partial charge in [-0.2, -0.15) is 0 Å². The second-order valence-electron chi connectivity index (χ2n) is 5.55. The van der Waals surface area contributed by atoms with E-state index in [2.05, 4.69) is 31.1 Å². The number of hydrogen-bond acceptors (Lipinski definition) is 3. The Bertz CT molecular complexity index is 232. The van der Waals surface area contributed by atoms with Crippen LogP contribution in [0.15, 0.2) is 0 Å². The summed E-state index contributed by atoms with van der Waals surface area (Å²) in [5, 5.41) is 2.90. The third kappa shape index (κ3) is 3.76. The van der Waals surface area contributed by atoms with Crippen molar-refractivity contribution in [3.63, 3.8) is 0 Å². The van der Waals surface area contributed by atoms with Gasteiger partial charge in [-0.3, -0.25) is 4.79 Å². The summed E-state index contributed by atoms with van der Waals surface area (Å²) in [7, 11) is 2.17. The Balaban J connectivity index is 2.40. The van der Waals surface area contributed by atoms with Crippen LogP contribution in [-0.4, -0.2) is 44.0 Å². The van der Waals surface area contributed by atoms with Crippen LogP contribution in [0.3, 0.4) is 0 Å². The van der Waals surface area contributed by atoms with E-state index in [9.17, 15) is 4.79 Å². The number of nitrogens with two attached hydrogens (primary N) is 1. The van der Waals surface area contributed by atoms with Gasteiger partial charge in [0.05, 0.1) is 6.54 Å². The second-order valence-corrected chi connectivity index (χ2v) is 5.55. The lowest BCUT2D eigenvalue weighted by atomic mass is 9.73. The van der Waals surface area contributed by atoms with E-state index in [1.54, 1.807) is 0 Å². The van der Waals surface area contributed by atoms with Gasteiger partial charge in [0.1, 0.15) is 0 Å². The van der Waals surface area contributed by atoms with Crippen molar-refractivity contribution < 1.29 is 4.79 Å². The van der Waals surface area contributed by atoms with Crippen LogP contribution in [-0.2, 0) is 4.79 Å². The van der Waals surface area contributed by atoms with Crippen LogP contribution in [0, 0.1) is 11.3 Å². The summed E-state index contributed by atoms with van der Waals surface area (Å²) in [5.41, 5.74) is 5.45. The number of amides is 1. The molecule has 0 aromatic heterocycles. The van der Waals surface area contributed by atoms with Crippen LogP contribution in [0.4, 0.5) is 0 Å². The fourth-order valence-corrected chi connectivity index (χ4v) is 2.33. The predicted molar refractivity (Wildman–Crippen MR) is 66.1 cm³/mol. The van der Waals surface area contributed by atoms with Crippen LogP contribution in [0.1, 0.15) is 26.7 Å². The zero-order valence-corrected chi connectivity index (χ0v) is 10.8. The van der Waals surface area contributed by atoms with Gasteiger partial charge in [0.25, 0.3) is 0 Å². The quantitative estimate of drug-likeness (QED) is 0.732. The molecule has 4 nitrogen and oxygen atoms in total. The maximum Gasteiger partial charge on any atom is 0.233 e. The number of carbonyl (C=O) groups is 1. The number of nitrogens with zero attached hydrogens (tertiary/aromatic N) is 1. The first kappa shape index (κ1) is 13.5. The summed E-state index contributed by atoms with van der Waals surface area (Å²) in [6, 6.07) is 0. The van der Waals surface area contributed by atoms with E-state index in [1.807, 2.05) is 0 Å². The van der Waals surface area contributed by atoms with Gasteiger partial charge in [-0.15, -0.1) is 0 Å². The van der Waals surface area contributed by atoms with Crippen molar-refractivity contribution in [1.82, 2.24) is 10.2 Å². The van der Waals surface area contributed by atoms with E-state index in [0.717, 1.165) is 6.54 Å². The summed E-state index contributed by atoms with van der Waals surface area (Å²) in [6.45, 7) is 7.62. The lowest BCUT2D eigenvalue weighted by Gasteiger charge is -2.39. The first-order chi connectivity index (χ1) is 7.45. The van der Waals surface area contributed by atoms with Crippen LogP contribution < -0.4 is 11.1 Å². The number of nitrogens with one attached hydrogen (secondary N) is 1. The Labute approximate surface area is 98.6 Å². The smallest absolute Gasteiger partial charge is 0.233 e. The summed E-state index contributed by atoms with van der Waals surface area (Å²) in [6.07, 6.45) is 2.45. The molecular weight excluding hydrogens is 202 g/mol. The lowest BCUT2D eigenvalue weighted by molar-refractivity contribution is -0.120. The van der Waals surface area contributed by atoms with E-state index < -0.39 is 0 Å². The molecule has 0 aromatic rings. The monoisotopic (exact) mass is 227 g/mol. The molecule has 0 unspecified atom stereocenters. The predicted octanol–water partition coefficient (Wildman–Crippen LogP) is 0.429. The number of rotatable bonds is 4. The van der Waals surface area contributed by atoms with Gasteiger partial charge in [0.2, 0.25) is 5.91 Å². The van der Waals surface area contributed by atoms with Crippen LogP contribution >= 0.6 is 0 Å². The SMILES string of the molecule is CN1CCC(C(C)(C)CNC(=O)CN)CC1. The molecule has 0 aliphatic carbocycles. The lowest BCUT2D eigenvalue weighted by Crippen LogP contribution is -2.44. The van der Waals surface area contributed by atoms with Crippen molar-refractivity contribution in [2.75, 3.05) is 33.2 Å². The minimum absolute atomic E-state index is 0.0546. The van der Waals surface area contributed by atoms with Gasteiger partial charge in [-0.25, -0.2) is 0 Å². The van der Waals surface area contributed by atoms with Crippen molar-refractivity contribution in [1.29, 1.82) is 0 Å². The Hall–Kier alpha value is -0.610. The molecule has 0 bridgehead atoms. The van der Waals surface area contributed by atoms with Gasteiger partial charge in [-0.1, -0.05) is 13.8 Å². The first-order valence-corrected chi connectivity index (χ1v) is 6.11. The minimum atomic E-state index is -0.0546. The van der Waals surface area contributed by atoms with Crippen molar-refractivity contribution in [2.24, 2.45) is 17.1 Å². The van der Waals surface area contributed by atoms with Crippen molar-refractivity contribution in [3.8, 4) is 0 Å². The molecule has 94 valence electrons. The van der Waals surface area contributed by atoms with Gasteiger partial charge in [0, 0.05) is 6.54 Å². The number of piperidine rings is 1. The highest BCUT2D eigenvalue weighted by atomic mass is 16.1. The molecule has 0 saturated carbocycles. The molecule has 0 radical (unpaired) electrons. The molecule has 1 amide bonds. The summed E-state index contributed by atoms with van der Waals surface area (Å²) in [4.78, 5) is 13.5. The highest BCUT2D eigenvalue weighted by Gasteiger charge is 2.31.